The number of anilines is 2. The van der Waals surface area contributed by atoms with Gasteiger partial charge in [-0.3, -0.25) is 4.40 Å². The Labute approximate surface area is 179 Å². The second-order valence-corrected chi connectivity index (χ2v) is 8.87. The number of nitrogens with one attached hydrogen (secondary N) is 1. The van der Waals surface area contributed by atoms with Crippen molar-refractivity contribution in [1.29, 1.82) is 0 Å². The predicted molar refractivity (Wildman–Crippen MR) is 118 cm³/mol. The normalized spacial score (nSPS) is 24.8. The van der Waals surface area contributed by atoms with Gasteiger partial charge in [0.25, 0.3) is 0 Å². The molecule has 5 heterocycles. The van der Waals surface area contributed by atoms with Crippen molar-refractivity contribution in [2.45, 2.75) is 24.9 Å². The molecule has 3 aliphatic rings. The number of hydrogen-bond acceptors (Lipinski definition) is 7. The van der Waals surface area contributed by atoms with Crippen molar-refractivity contribution < 1.29 is 9.47 Å². The van der Waals surface area contributed by atoms with E-state index >= 15 is 0 Å². The monoisotopic (exact) mass is 416 g/mol. The fraction of sp³-hybridized carbons (Fsp3) is 0.348. The van der Waals surface area contributed by atoms with Crippen LogP contribution in [0, 0.1) is 5.41 Å². The average molecular weight is 416 g/mol. The van der Waals surface area contributed by atoms with E-state index in [-0.39, 0.29) is 11.0 Å². The molecule has 0 unspecified atom stereocenters. The van der Waals surface area contributed by atoms with Gasteiger partial charge in [0, 0.05) is 48.1 Å². The molecule has 2 saturated heterocycles. The minimum Gasteiger partial charge on any atom is -0.493 e. The van der Waals surface area contributed by atoms with Crippen LogP contribution in [0.2, 0.25) is 0 Å². The number of aromatic nitrogens is 4. The standard InChI is InChI=1S/C23H24N6O2/c24-21-19-2-1-17(9-16(19)3-6-25-21)26-13-23-11-22(12-23,5-8-31-23)14-30-18-4-7-29-15-27-28-20(29)10-18/h1-4,6-7,9-10,15,26H,5,8,11-14H2,(H2,24,25). The molecule has 2 bridgehead atoms. The minimum atomic E-state index is -0.120. The summed E-state index contributed by atoms with van der Waals surface area (Å²) in [6.07, 6.45) is 8.39. The number of rotatable bonds is 6. The van der Waals surface area contributed by atoms with Crippen LogP contribution in [0.4, 0.5) is 11.5 Å². The third-order valence-corrected chi connectivity index (χ3v) is 6.66. The highest BCUT2D eigenvalue weighted by molar-refractivity contribution is 5.92. The second-order valence-electron chi connectivity index (χ2n) is 8.87. The first kappa shape index (κ1) is 18.4. The van der Waals surface area contributed by atoms with Crippen molar-refractivity contribution in [3.8, 4) is 5.75 Å². The first-order valence-corrected chi connectivity index (χ1v) is 10.6. The summed E-state index contributed by atoms with van der Waals surface area (Å²) in [4.78, 5) is 4.15. The molecule has 158 valence electrons. The van der Waals surface area contributed by atoms with Crippen LogP contribution in [0.25, 0.3) is 16.4 Å². The quantitative estimate of drug-likeness (QED) is 0.497. The van der Waals surface area contributed by atoms with Gasteiger partial charge < -0.3 is 20.5 Å². The van der Waals surface area contributed by atoms with Crippen molar-refractivity contribution in [3.05, 3.63) is 55.1 Å². The number of fused-ring (bicyclic) bond motifs is 4. The number of ether oxygens (including phenoxy) is 2. The SMILES string of the molecule is Nc1nccc2cc(NCC34CC(COc5ccn6cnnc6c5)(CCO3)C4)ccc12. The Kier molecular flexibility index (Phi) is 4.04. The van der Waals surface area contributed by atoms with Gasteiger partial charge in [0.2, 0.25) is 0 Å². The molecular weight excluding hydrogens is 392 g/mol. The Balaban J connectivity index is 1.10. The summed E-state index contributed by atoms with van der Waals surface area (Å²) in [5.74, 6) is 1.40. The van der Waals surface area contributed by atoms with Crippen LogP contribution >= 0.6 is 0 Å². The van der Waals surface area contributed by atoms with Gasteiger partial charge in [-0.05, 0) is 55.0 Å². The van der Waals surface area contributed by atoms with Crippen molar-refractivity contribution in [3.63, 3.8) is 0 Å². The lowest BCUT2D eigenvalue weighted by molar-refractivity contribution is -0.225. The van der Waals surface area contributed by atoms with E-state index < -0.39 is 0 Å². The van der Waals surface area contributed by atoms with Gasteiger partial charge in [-0.15, -0.1) is 10.2 Å². The van der Waals surface area contributed by atoms with Crippen LogP contribution in [0.3, 0.4) is 0 Å². The van der Waals surface area contributed by atoms with Crippen LogP contribution in [0.1, 0.15) is 19.3 Å². The summed E-state index contributed by atoms with van der Waals surface area (Å²) in [7, 11) is 0. The van der Waals surface area contributed by atoms with E-state index in [0.717, 1.165) is 60.3 Å². The van der Waals surface area contributed by atoms with Gasteiger partial charge in [-0.2, -0.15) is 0 Å². The molecule has 1 aliphatic carbocycles. The maximum Gasteiger partial charge on any atom is 0.164 e. The van der Waals surface area contributed by atoms with Crippen molar-refractivity contribution in [2.75, 3.05) is 30.8 Å². The fourth-order valence-electron chi connectivity index (χ4n) is 5.13. The van der Waals surface area contributed by atoms with Crippen LogP contribution in [-0.2, 0) is 4.74 Å². The highest BCUT2D eigenvalue weighted by atomic mass is 16.5. The summed E-state index contributed by atoms with van der Waals surface area (Å²) in [6, 6.07) is 12.1. The number of hydrogen-bond donors (Lipinski definition) is 2. The maximum atomic E-state index is 6.21. The van der Waals surface area contributed by atoms with Gasteiger partial charge in [-0.25, -0.2) is 4.98 Å². The number of pyridine rings is 2. The van der Waals surface area contributed by atoms with E-state index in [0.29, 0.717) is 12.4 Å². The summed E-state index contributed by atoms with van der Waals surface area (Å²) < 4.78 is 14.2. The van der Waals surface area contributed by atoms with E-state index in [1.165, 1.54) is 0 Å². The van der Waals surface area contributed by atoms with Gasteiger partial charge in [0.15, 0.2) is 5.65 Å². The van der Waals surface area contributed by atoms with E-state index in [1.54, 1.807) is 12.5 Å². The Bertz CT molecular complexity index is 1260. The Morgan fingerprint density at radius 3 is 3.06 bits per heavy atom. The second kappa shape index (κ2) is 6.81. The summed E-state index contributed by atoms with van der Waals surface area (Å²) in [5, 5.41) is 13.6. The van der Waals surface area contributed by atoms with Crippen LogP contribution in [-0.4, -0.2) is 44.9 Å². The van der Waals surface area contributed by atoms with Gasteiger partial charge in [-0.1, -0.05) is 0 Å². The molecule has 0 spiro atoms. The largest absolute Gasteiger partial charge is 0.493 e. The molecule has 0 atom stereocenters. The van der Waals surface area contributed by atoms with E-state index in [1.807, 2.05) is 34.9 Å². The molecule has 1 aromatic carbocycles. The highest BCUT2D eigenvalue weighted by Gasteiger charge is 2.58. The number of benzene rings is 1. The Morgan fingerprint density at radius 1 is 1.19 bits per heavy atom. The summed E-state index contributed by atoms with van der Waals surface area (Å²) in [6.45, 7) is 2.26. The number of nitrogen functional groups attached to an aromatic ring is 1. The molecular formula is C23H24N6O2. The molecule has 0 amide bonds. The van der Waals surface area contributed by atoms with E-state index in [2.05, 4.69) is 32.6 Å². The molecule has 3 aromatic heterocycles. The molecule has 7 rings (SSSR count). The van der Waals surface area contributed by atoms with E-state index in [9.17, 15) is 0 Å². The molecule has 8 nitrogen and oxygen atoms in total. The zero-order valence-electron chi connectivity index (χ0n) is 17.1. The maximum absolute atomic E-state index is 6.21. The first-order valence-electron chi connectivity index (χ1n) is 10.6. The van der Waals surface area contributed by atoms with Crippen LogP contribution in [0.15, 0.2) is 55.1 Å². The third kappa shape index (κ3) is 3.23. The fourth-order valence-corrected chi connectivity index (χ4v) is 5.13. The third-order valence-electron chi connectivity index (χ3n) is 6.66. The molecule has 8 heteroatoms. The molecule has 0 radical (unpaired) electrons. The van der Waals surface area contributed by atoms with Gasteiger partial charge in [0.1, 0.15) is 17.9 Å². The molecule has 31 heavy (non-hydrogen) atoms. The topological polar surface area (TPSA) is 99.6 Å². The van der Waals surface area contributed by atoms with Crippen molar-refractivity contribution in [1.82, 2.24) is 19.6 Å². The Hall–Kier alpha value is -3.39. The molecule has 1 saturated carbocycles. The van der Waals surface area contributed by atoms with Gasteiger partial charge in [0.05, 0.1) is 12.2 Å². The molecule has 4 aromatic rings. The Morgan fingerprint density at radius 2 is 2.13 bits per heavy atom. The molecule has 3 N–H and O–H groups in total. The predicted octanol–water partition coefficient (Wildman–Crippen LogP) is 3.29. The lowest BCUT2D eigenvalue weighted by Gasteiger charge is -2.59. The summed E-state index contributed by atoms with van der Waals surface area (Å²) >= 11 is 0. The molecule has 2 aliphatic heterocycles. The van der Waals surface area contributed by atoms with Gasteiger partial charge >= 0.3 is 0 Å². The minimum absolute atomic E-state index is 0.120. The van der Waals surface area contributed by atoms with Crippen LogP contribution < -0.4 is 15.8 Å². The number of nitrogens with two attached hydrogens (primary N) is 1. The smallest absolute Gasteiger partial charge is 0.164 e. The first-order chi connectivity index (χ1) is 15.1. The van der Waals surface area contributed by atoms with E-state index in [4.69, 9.17) is 15.2 Å². The average Bonchev–Trinajstić information content (AvgIpc) is 3.24. The summed E-state index contributed by atoms with van der Waals surface area (Å²) in [5.41, 5.74) is 7.88. The highest BCUT2D eigenvalue weighted by Crippen LogP contribution is 2.56. The lowest BCUT2D eigenvalue weighted by atomic mass is 9.56. The van der Waals surface area contributed by atoms with Crippen molar-refractivity contribution in [2.24, 2.45) is 5.41 Å². The van der Waals surface area contributed by atoms with Crippen LogP contribution in [0.5, 0.6) is 5.75 Å². The lowest BCUT2D eigenvalue weighted by Crippen LogP contribution is -2.63. The zero-order chi connectivity index (χ0) is 20.9. The number of nitrogens with zero attached hydrogens (tertiary/aromatic N) is 4. The molecule has 3 fully saturated rings. The zero-order valence-corrected chi connectivity index (χ0v) is 17.1. The van der Waals surface area contributed by atoms with Crippen molar-refractivity contribution >= 4 is 27.9 Å².